The monoisotopic (exact) mass is 452 g/mol. The Labute approximate surface area is 189 Å². The van der Waals surface area contributed by atoms with Crippen LogP contribution in [0.25, 0.3) is 22.5 Å². The van der Waals surface area contributed by atoms with Crippen molar-refractivity contribution in [2.24, 2.45) is 0 Å². The molecule has 0 radical (unpaired) electrons. The van der Waals surface area contributed by atoms with Crippen molar-refractivity contribution >= 4 is 34.9 Å². The van der Waals surface area contributed by atoms with Crippen LogP contribution in [0.15, 0.2) is 51.7 Å². The van der Waals surface area contributed by atoms with Crippen LogP contribution in [-0.4, -0.2) is 50.8 Å². The SMILES string of the molecule is Cc1ccc(-c2n[nH]c(=S)n2CC(=O)Nc2ccc3oc(=O)n(CCN(C)C)c3c2)cc1. The second kappa shape index (κ2) is 8.93. The molecule has 0 aliphatic heterocycles. The molecule has 2 aromatic heterocycles. The molecule has 0 unspecified atom stereocenters. The van der Waals surface area contributed by atoms with Crippen LogP contribution in [0.4, 0.5) is 5.69 Å². The molecule has 1 amide bonds. The summed E-state index contributed by atoms with van der Waals surface area (Å²) in [5.41, 5.74) is 3.67. The number of anilines is 1. The van der Waals surface area contributed by atoms with Crippen molar-refractivity contribution in [2.75, 3.05) is 26.0 Å². The van der Waals surface area contributed by atoms with Crippen LogP contribution < -0.4 is 11.1 Å². The number of hydrogen-bond acceptors (Lipinski definition) is 6. The molecule has 2 heterocycles. The minimum absolute atomic E-state index is 0.00456. The normalized spacial score (nSPS) is 11.4. The number of rotatable bonds is 7. The van der Waals surface area contributed by atoms with Gasteiger partial charge < -0.3 is 14.6 Å². The molecular weight excluding hydrogens is 428 g/mol. The van der Waals surface area contributed by atoms with Crippen molar-refractivity contribution in [3.8, 4) is 11.4 Å². The van der Waals surface area contributed by atoms with Gasteiger partial charge in [0.1, 0.15) is 6.54 Å². The summed E-state index contributed by atoms with van der Waals surface area (Å²) in [6, 6.07) is 13.0. The number of aromatic amines is 1. The quantitative estimate of drug-likeness (QED) is 0.418. The van der Waals surface area contributed by atoms with E-state index >= 15 is 0 Å². The highest BCUT2D eigenvalue weighted by Gasteiger charge is 2.14. The predicted octanol–water partition coefficient (Wildman–Crippen LogP) is 3.02. The number of H-pyrrole nitrogens is 1. The number of fused-ring (bicyclic) bond motifs is 1. The highest BCUT2D eigenvalue weighted by atomic mass is 32.1. The lowest BCUT2D eigenvalue weighted by molar-refractivity contribution is -0.116. The average Bonchev–Trinajstić information content (AvgIpc) is 3.26. The molecule has 2 aromatic carbocycles. The van der Waals surface area contributed by atoms with Gasteiger partial charge in [-0.05, 0) is 51.4 Å². The molecule has 166 valence electrons. The highest BCUT2D eigenvalue weighted by molar-refractivity contribution is 7.71. The van der Waals surface area contributed by atoms with Gasteiger partial charge >= 0.3 is 5.76 Å². The number of carbonyl (C=O) groups is 1. The lowest BCUT2D eigenvalue weighted by Crippen LogP contribution is -2.23. The molecule has 0 spiro atoms. The van der Waals surface area contributed by atoms with E-state index in [0.29, 0.717) is 40.5 Å². The van der Waals surface area contributed by atoms with Gasteiger partial charge in [-0.3, -0.25) is 19.0 Å². The molecule has 10 heteroatoms. The van der Waals surface area contributed by atoms with E-state index in [9.17, 15) is 9.59 Å². The first-order chi connectivity index (χ1) is 15.3. The summed E-state index contributed by atoms with van der Waals surface area (Å²) in [5, 5.41) is 9.91. The molecule has 32 heavy (non-hydrogen) atoms. The number of amides is 1. The first-order valence-corrected chi connectivity index (χ1v) is 10.5. The summed E-state index contributed by atoms with van der Waals surface area (Å²) in [7, 11) is 3.87. The number of aromatic nitrogens is 4. The summed E-state index contributed by atoms with van der Waals surface area (Å²) < 4.78 is 8.88. The average molecular weight is 453 g/mol. The largest absolute Gasteiger partial charge is 0.419 e. The van der Waals surface area contributed by atoms with Gasteiger partial charge in [-0.2, -0.15) is 5.10 Å². The number of nitrogens with zero attached hydrogens (tertiary/aromatic N) is 4. The number of hydrogen-bond donors (Lipinski definition) is 2. The minimum atomic E-state index is -0.419. The summed E-state index contributed by atoms with van der Waals surface area (Å²) in [5.74, 6) is -0.0911. The molecule has 2 N–H and O–H groups in total. The predicted molar refractivity (Wildman–Crippen MR) is 125 cm³/mol. The van der Waals surface area contributed by atoms with Crippen LogP contribution in [0.2, 0.25) is 0 Å². The zero-order valence-electron chi connectivity index (χ0n) is 18.1. The highest BCUT2D eigenvalue weighted by Crippen LogP contribution is 2.20. The van der Waals surface area contributed by atoms with Crippen molar-refractivity contribution in [1.82, 2.24) is 24.2 Å². The third-order valence-corrected chi connectivity index (χ3v) is 5.40. The first-order valence-electron chi connectivity index (χ1n) is 10.1. The standard InChI is InChI=1S/C22H24N6O3S/c1-14-4-6-15(7-5-14)20-24-25-21(32)28(20)13-19(29)23-16-8-9-18-17(12-16)27(22(30)31-18)11-10-26(2)3/h4-9,12H,10-11,13H2,1-3H3,(H,23,29)(H,25,32). The Hall–Kier alpha value is -3.50. The molecular formula is C22H24N6O3S. The van der Waals surface area contributed by atoms with E-state index in [1.807, 2.05) is 50.2 Å². The van der Waals surface area contributed by atoms with Crippen molar-refractivity contribution in [3.63, 3.8) is 0 Å². The Bertz CT molecular complexity index is 1380. The fourth-order valence-electron chi connectivity index (χ4n) is 3.38. The van der Waals surface area contributed by atoms with Gasteiger partial charge in [0.05, 0.1) is 5.52 Å². The van der Waals surface area contributed by atoms with Crippen LogP contribution in [0, 0.1) is 11.7 Å². The van der Waals surface area contributed by atoms with E-state index in [2.05, 4.69) is 15.5 Å². The third-order valence-electron chi connectivity index (χ3n) is 5.09. The van der Waals surface area contributed by atoms with E-state index < -0.39 is 5.76 Å². The molecule has 4 aromatic rings. The van der Waals surface area contributed by atoms with Gasteiger partial charge in [0.15, 0.2) is 16.2 Å². The van der Waals surface area contributed by atoms with Gasteiger partial charge in [-0.15, -0.1) is 0 Å². The number of aryl methyl sites for hydroxylation is 1. The summed E-state index contributed by atoms with van der Waals surface area (Å²) in [6.45, 7) is 3.17. The van der Waals surface area contributed by atoms with Crippen LogP contribution in [0.5, 0.6) is 0 Å². The van der Waals surface area contributed by atoms with Crippen LogP contribution in [0.1, 0.15) is 5.56 Å². The smallest absolute Gasteiger partial charge is 0.408 e. The zero-order valence-corrected chi connectivity index (χ0v) is 18.9. The second-order valence-electron chi connectivity index (χ2n) is 7.86. The number of oxazole rings is 1. The van der Waals surface area contributed by atoms with Crippen LogP contribution in [0.3, 0.4) is 0 Å². The lowest BCUT2D eigenvalue weighted by Gasteiger charge is -2.10. The maximum atomic E-state index is 12.8. The van der Waals surface area contributed by atoms with E-state index in [-0.39, 0.29) is 12.5 Å². The fourth-order valence-corrected chi connectivity index (χ4v) is 3.58. The van der Waals surface area contributed by atoms with Gasteiger partial charge in [0.2, 0.25) is 5.91 Å². The van der Waals surface area contributed by atoms with Gasteiger partial charge in [0, 0.05) is 24.3 Å². The van der Waals surface area contributed by atoms with Crippen molar-refractivity contribution in [1.29, 1.82) is 0 Å². The van der Waals surface area contributed by atoms with Crippen LogP contribution >= 0.6 is 12.2 Å². The zero-order chi connectivity index (χ0) is 22.8. The van der Waals surface area contributed by atoms with E-state index in [0.717, 1.165) is 11.1 Å². The maximum absolute atomic E-state index is 12.8. The van der Waals surface area contributed by atoms with Crippen molar-refractivity contribution in [3.05, 3.63) is 63.3 Å². The van der Waals surface area contributed by atoms with E-state index in [4.69, 9.17) is 16.6 Å². The first kappa shape index (κ1) is 21.7. The topological polar surface area (TPSA) is 101 Å². The summed E-state index contributed by atoms with van der Waals surface area (Å²) in [4.78, 5) is 27.0. The van der Waals surface area contributed by atoms with Gasteiger partial charge in [-0.1, -0.05) is 29.8 Å². The lowest BCUT2D eigenvalue weighted by atomic mass is 10.1. The Kier molecular flexibility index (Phi) is 6.06. The van der Waals surface area contributed by atoms with E-state index in [1.54, 1.807) is 27.3 Å². The van der Waals surface area contributed by atoms with Crippen molar-refractivity contribution < 1.29 is 9.21 Å². The molecule has 0 saturated heterocycles. The van der Waals surface area contributed by atoms with E-state index in [1.165, 1.54) is 0 Å². The fraction of sp³-hybridized carbons (Fsp3) is 0.273. The Morgan fingerprint density at radius 1 is 1.19 bits per heavy atom. The molecule has 0 saturated carbocycles. The Morgan fingerprint density at radius 3 is 2.66 bits per heavy atom. The molecule has 0 fully saturated rings. The third kappa shape index (κ3) is 4.56. The number of nitrogens with one attached hydrogen (secondary N) is 2. The number of benzene rings is 2. The van der Waals surface area contributed by atoms with Crippen molar-refractivity contribution in [2.45, 2.75) is 20.0 Å². The second-order valence-corrected chi connectivity index (χ2v) is 8.24. The summed E-state index contributed by atoms with van der Waals surface area (Å²) in [6.07, 6.45) is 0. The molecule has 9 nitrogen and oxygen atoms in total. The molecule has 4 rings (SSSR count). The van der Waals surface area contributed by atoms with Gasteiger partial charge in [0.25, 0.3) is 0 Å². The Morgan fingerprint density at radius 2 is 1.94 bits per heavy atom. The number of likely N-dealkylation sites (N-methyl/N-ethyl adjacent to an activating group) is 1. The van der Waals surface area contributed by atoms with Crippen LogP contribution in [-0.2, 0) is 17.9 Å². The maximum Gasteiger partial charge on any atom is 0.419 e. The Balaban J connectivity index is 1.56. The molecule has 0 aliphatic carbocycles. The number of carbonyl (C=O) groups excluding carboxylic acids is 1. The summed E-state index contributed by atoms with van der Waals surface area (Å²) >= 11 is 5.33. The minimum Gasteiger partial charge on any atom is -0.408 e. The molecule has 0 aliphatic rings. The van der Waals surface area contributed by atoms with Gasteiger partial charge in [-0.25, -0.2) is 4.79 Å². The molecule has 0 atom stereocenters. The molecule has 0 bridgehead atoms.